The molecule has 0 unspecified atom stereocenters. The molecule has 1 aliphatic carbocycles. The number of carbonyl (C=O) groups excluding carboxylic acids is 1. The van der Waals surface area contributed by atoms with Crippen molar-refractivity contribution < 1.29 is 4.79 Å². The number of benzene rings is 1. The summed E-state index contributed by atoms with van der Waals surface area (Å²) in [6, 6.07) is 8.23. The van der Waals surface area contributed by atoms with Crippen molar-refractivity contribution in [3.8, 4) is 0 Å². The number of hydrogen-bond donors (Lipinski definition) is 2. The Kier molecular flexibility index (Phi) is 8.07. The van der Waals surface area contributed by atoms with Crippen LogP contribution in [0.25, 0.3) is 10.9 Å². The molecule has 0 atom stereocenters. The molecule has 2 aromatic rings. The summed E-state index contributed by atoms with van der Waals surface area (Å²) in [5, 5.41) is 7.35. The van der Waals surface area contributed by atoms with Gasteiger partial charge in [0.1, 0.15) is 0 Å². The van der Waals surface area contributed by atoms with Gasteiger partial charge in [0.15, 0.2) is 0 Å². The highest BCUT2D eigenvalue weighted by Crippen LogP contribution is 2.27. The number of anilines is 1. The van der Waals surface area contributed by atoms with E-state index in [0.717, 1.165) is 24.7 Å². The van der Waals surface area contributed by atoms with Gasteiger partial charge in [-0.3, -0.25) is 4.79 Å². The minimum Gasteiger partial charge on any atom is -0.347 e. The summed E-state index contributed by atoms with van der Waals surface area (Å²) in [7, 11) is 0. The van der Waals surface area contributed by atoms with Crippen LogP contribution in [0.3, 0.4) is 0 Å². The van der Waals surface area contributed by atoms with Gasteiger partial charge in [0.2, 0.25) is 5.91 Å². The molecule has 0 spiro atoms. The number of rotatable bonds is 7. The van der Waals surface area contributed by atoms with E-state index in [-0.39, 0.29) is 30.7 Å². The number of nitrogens with one attached hydrogen (secondary N) is 2. The van der Waals surface area contributed by atoms with Crippen molar-refractivity contribution in [1.82, 2.24) is 9.88 Å². The first-order valence-corrected chi connectivity index (χ1v) is 8.21. The Morgan fingerprint density at radius 3 is 2.67 bits per heavy atom. The molecule has 1 aromatic carbocycles. The molecule has 1 aliphatic rings. The number of fused-ring (bicyclic) bond motifs is 1. The molecule has 6 heteroatoms. The maximum atomic E-state index is 11.9. The van der Waals surface area contributed by atoms with Crippen LogP contribution in [0.1, 0.15) is 26.7 Å². The summed E-state index contributed by atoms with van der Waals surface area (Å²) < 4.78 is 2.27. The van der Waals surface area contributed by atoms with Gasteiger partial charge in [0.05, 0.1) is 6.54 Å². The molecule has 0 radical (unpaired) electrons. The van der Waals surface area contributed by atoms with Crippen LogP contribution < -0.4 is 10.6 Å². The monoisotopic (exact) mass is 371 g/mol. The quantitative estimate of drug-likeness (QED) is 0.769. The van der Waals surface area contributed by atoms with Crippen LogP contribution in [0.5, 0.6) is 0 Å². The number of halogens is 2. The number of amides is 1. The Balaban J connectivity index is 0.00000144. The van der Waals surface area contributed by atoms with Gasteiger partial charge in [-0.25, -0.2) is 0 Å². The van der Waals surface area contributed by atoms with Crippen LogP contribution in [-0.2, 0) is 11.3 Å². The van der Waals surface area contributed by atoms with E-state index in [1.165, 1.54) is 23.7 Å². The highest BCUT2D eigenvalue weighted by Gasteiger charge is 2.20. The molecule has 2 N–H and O–H groups in total. The standard InChI is InChI=1S/C18H25N3O.2ClH/c1-13(2)12-21-8-7-15-9-16(5-6-17(15)21)20-18(22)11-19-10-14-3-4-14;;/h5-9,13-14,19H,3-4,10-12H2,1-2H3,(H,20,22);2*1H. The molecule has 0 bridgehead atoms. The minimum atomic E-state index is 0. The molecule has 1 amide bonds. The van der Waals surface area contributed by atoms with Crippen molar-refractivity contribution in [2.45, 2.75) is 33.2 Å². The van der Waals surface area contributed by atoms with E-state index in [1.807, 2.05) is 12.1 Å². The van der Waals surface area contributed by atoms with Gasteiger partial charge in [-0.2, -0.15) is 0 Å². The number of hydrogen-bond acceptors (Lipinski definition) is 2. The molecule has 134 valence electrons. The Labute approximate surface area is 156 Å². The van der Waals surface area contributed by atoms with Crippen LogP contribution >= 0.6 is 24.8 Å². The summed E-state index contributed by atoms with van der Waals surface area (Å²) in [4.78, 5) is 11.9. The van der Waals surface area contributed by atoms with Gasteiger partial charge in [-0.05, 0) is 55.5 Å². The lowest BCUT2D eigenvalue weighted by Crippen LogP contribution is -2.29. The van der Waals surface area contributed by atoms with E-state index in [1.54, 1.807) is 0 Å². The lowest BCUT2D eigenvalue weighted by atomic mass is 10.2. The van der Waals surface area contributed by atoms with Crippen molar-refractivity contribution in [3.63, 3.8) is 0 Å². The van der Waals surface area contributed by atoms with E-state index >= 15 is 0 Å². The highest BCUT2D eigenvalue weighted by molar-refractivity contribution is 5.95. The minimum absolute atomic E-state index is 0. The maximum Gasteiger partial charge on any atom is 0.238 e. The van der Waals surface area contributed by atoms with Crippen LogP contribution in [0.15, 0.2) is 30.5 Å². The number of nitrogens with zero attached hydrogens (tertiary/aromatic N) is 1. The largest absolute Gasteiger partial charge is 0.347 e. The van der Waals surface area contributed by atoms with Crippen LogP contribution in [0.2, 0.25) is 0 Å². The van der Waals surface area contributed by atoms with E-state index in [2.05, 4.69) is 47.4 Å². The smallest absolute Gasteiger partial charge is 0.238 e. The predicted molar refractivity (Wildman–Crippen MR) is 105 cm³/mol. The number of aromatic nitrogens is 1. The van der Waals surface area contributed by atoms with Crippen molar-refractivity contribution in [1.29, 1.82) is 0 Å². The average Bonchev–Trinajstić information content (AvgIpc) is 3.20. The topological polar surface area (TPSA) is 46.1 Å². The lowest BCUT2D eigenvalue weighted by Gasteiger charge is -2.09. The van der Waals surface area contributed by atoms with Gasteiger partial charge in [-0.15, -0.1) is 24.8 Å². The van der Waals surface area contributed by atoms with Crippen molar-refractivity contribution >= 4 is 47.3 Å². The zero-order valence-electron chi connectivity index (χ0n) is 14.2. The first-order valence-electron chi connectivity index (χ1n) is 8.21. The molecule has 3 rings (SSSR count). The summed E-state index contributed by atoms with van der Waals surface area (Å²) in [5.41, 5.74) is 2.09. The molecular weight excluding hydrogens is 345 g/mol. The van der Waals surface area contributed by atoms with Crippen molar-refractivity contribution in [2.75, 3.05) is 18.4 Å². The van der Waals surface area contributed by atoms with Crippen LogP contribution in [0.4, 0.5) is 5.69 Å². The predicted octanol–water partition coefficient (Wildman–Crippen LogP) is 4.08. The van der Waals surface area contributed by atoms with Crippen molar-refractivity contribution in [3.05, 3.63) is 30.5 Å². The van der Waals surface area contributed by atoms with Gasteiger partial charge in [0, 0.05) is 29.3 Å². The molecule has 24 heavy (non-hydrogen) atoms. The fourth-order valence-corrected chi connectivity index (χ4v) is 2.75. The Morgan fingerprint density at radius 2 is 2.00 bits per heavy atom. The first-order chi connectivity index (χ1) is 10.6. The average molecular weight is 372 g/mol. The van der Waals surface area contributed by atoms with Gasteiger partial charge in [0.25, 0.3) is 0 Å². The second kappa shape index (κ2) is 9.30. The molecular formula is C18H27Cl2N3O. The molecule has 1 fully saturated rings. The second-order valence-electron chi connectivity index (χ2n) is 6.76. The Hall–Kier alpha value is -1.23. The molecule has 0 saturated heterocycles. The highest BCUT2D eigenvalue weighted by atomic mass is 35.5. The third-order valence-electron chi connectivity index (χ3n) is 4.03. The molecule has 1 saturated carbocycles. The van der Waals surface area contributed by atoms with E-state index in [9.17, 15) is 4.79 Å². The summed E-state index contributed by atoms with van der Waals surface area (Å²) in [6.07, 6.45) is 4.73. The van der Waals surface area contributed by atoms with Gasteiger partial charge in [-0.1, -0.05) is 13.8 Å². The maximum absolute atomic E-state index is 11.9. The lowest BCUT2D eigenvalue weighted by molar-refractivity contribution is -0.115. The fourth-order valence-electron chi connectivity index (χ4n) is 2.75. The zero-order valence-corrected chi connectivity index (χ0v) is 15.9. The van der Waals surface area contributed by atoms with Gasteiger partial charge < -0.3 is 15.2 Å². The Bertz CT molecular complexity index is 665. The number of carbonyl (C=O) groups is 1. The normalized spacial score (nSPS) is 13.5. The van der Waals surface area contributed by atoms with Gasteiger partial charge >= 0.3 is 0 Å². The summed E-state index contributed by atoms with van der Waals surface area (Å²) >= 11 is 0. The van der Waals surface area contributed by atoms with E-state index in [4.69, 9.17) is 0 Å². The third kappa shape index (κ3) is 5.69. The molecule has 1 aromatic heterocycles. The molecule has 4 nitrogen and oxygen atoms in total. The van der Waals surface area contributed by atoms with Crippen LogP contribution in [-0.4, -0.2) is 23.6 Å². The zero-order chi connectivity index (χ0) is 15.5. The molecule has 0 aliphatic heterocycles. The SMILES string of the molecule is CC(C)Cn1ccc2cc(NC(=O)CNCC3CC3)ccc21.Cl.Cl. The van der Waals surface area contributed by atoms with E-state index in [0.29, 0.717) is 12.5 Å². The van der Waals surface area contributed by atoms with E-state index < -0.39 is 0 Å². The molecule has 1 heterocycles. The second-order valence-corrected chi connectivity index (χ2v) is 6.76. The summed E-state index contributed by atoms with van der Waals surface area (Å²) in [5.74, 6) is 1.44. The van der Waals surface area contributed by atoms with Crippen molar-refractivity contribution in [2.24, 2.45) is 11.8 Å². The third-order valence-corrected chi connectivity index (χ3v) is 4.03. The fraction of sp³-hybridized carbons (Fsp3) is 0.500. The first kappa shape index (κ1) is 20.8. The Morgan fingerprint density at radius 1 is 1.25 bits per heavy atom. The summed E-state index contributed by atoms with van der Waals surface area (Å²) in [6.45, 7) is 6.80. The van der Waals surface area contributed by atoms with Crippen LogP contribution in [0, 0.1) is 11.8 Å².